The van der Waals surface area contributed by atoms with E-state index in [0.717, 1.165) is 15.6 Å². The summed E-state index contributed by atoms with van der Waals surface area (Å²) in [6.07, 6.45) is 1.43. The molecule has 0 spiro atoms. The quantitative estimate of drug-likeness (QED) is 0.622. The Balaban J connectivity index is 1.81. The third kappa shape index (κ3) is 4.27. The third-order valence-corrected chi connectivity index (χ3v) is 4.27. The second-order valence-electron chi connectivity index (χ2n) is 5.16. The minimum atomic E-state index is -0.277. The summed E-state index contributed by atoms with van der Waals surface area (Å²) in [5.74, 6) is 1.49. The van der Waals surface area contributed by atoms with Crippen LogP contribution in [-0.4, -0.2) is 22.3 Å². The van der Waals surface area contributed by atoms with Crippen molar-refractivity contribution in [2.75, 3.05) is 12.4 Å². The van der Waals surface area contributed by atoms with Gasteiger partial charge >= 0.3 is 0 Å². The molecule has 0 atom stereocenters. The highest BCUT2D eigenvalue weighted by molar-refractivity contribution is 9.10. The summed E-state index contributed by atoms with van der Waals surface area (Å²) >= 11 is 3.54. The monoisotopic (exact) mass is 406 g/mol. The molecule has 0 amide bonds. The number of rotatable bonds is 7. The Kier molecular flexibility index (Phi) is 5.49. The molecule has 0 bridgehead atoms. The predicted molar refractivity (Wildman–Crippen MR) is 95.1 cm³/mol. The Morgan fingerprint density at radius 2 is 2.00 bits per heavy atom. The molecule has 0 saturated heterocycles. The van der Waals surface area contributed by atoms with Gasteiger partial charge in [-0.2, -0.15) is 5.10 Å². The van der Waals surface area contributed by atoms with E-state index in [1.54, 1.807) is 19.2 Å². The summed E-state index contributed by atoms with van der Waals surface area (Å²) in [5, 5.41) is 9.68. The maximum Gasteiger partial charge on any atom is 0.218 e. The first-order valence-electron chi connectivity index (χ1n) is 7.49. The number of aromatic nitrogens is 3. The normalized spacial score (nSPS) is 10.5. The van der Waals surface area contributed by atoms with Crippen LogP contribution in [0.2, 0.25) is 0 Å². The second kappa shape index (κ2) is 7.98. The fourth-order valence-corrected chi connectivity index (χ4v) is 2.72. The Labute approximate surface area is 152 Å². The molecule has 8 heteroatoms. The van der Waals surface area contributed by atoms with E-state index in [9.17, 15) is 4.39 Å². The number of nitrogens with one attached hydrogen (secondary N) is 2. The molecule has 3 rings (SSSR count). The van der Waals surface area contributed by atoms with Crippen LogP contribution in [0.1, 0.15) is 11.1 Å². The van der Waals surface area contributed by atoms with E-state index in [-0.39, 0.29) is 5.82 Å². The van der Waals surface area contributed by atoms with Crippen LogP contribution >= 0.6 is 15.9 Å². The topological polar surface area (TPSA) is 72.1 Å². The van der Waals surface area contributed by atoms with Gasteiger partial charge in [0, 0.05) is 16.6 Å². The largest absolute Gasteiger partial charge is 0.493 e. The minimum Gasteiger partial charge on any atom is -0.493 e. The van der Waals surface area contributed by atoms with Gasteiger partial charge in [-0.3, -0.25) is 0 Å². The van der Waals surface area contributed by atoms with Crippen LogP contribution in [0.5, 0.6) is 11.5 Å². The first kappa shape index (κ1) is 17.2. The molecule has 0 aliphatic heterocycles. The zero-order chi connectivity index (χ0) is 17.6. The van der Waals surface area contributed by atoms with Crippen LogP contribution in [0.15, 0.2) is 47.2 Å². The molecular formula is C17H16BrFN4O2. The van der Waals surface area contributed by atoms with Crippen molar-refractivity contribution in [2.45, 2.75) is 13.2 Å². The molecule has 0 saturated carbocycles. The van der Waals surface area contributed by atoms with Crippen LogP contribution in [-0.2, 0) is 13.2 Å². The fraction of sp³-hybridized carbons (Fsp3) is 0.176. The number of H-pyrrole nitrogens is 1. The van der Waals surface area contributed by atoms with E-state index in [2.05, 4.69) is 36.4 Å². The lowest BCUT2D eigenvalue weighted by Crippen LogP contribution is -2.07. The van der Waals surface area contributed by atoms with Crippen molar-refractivity contribution in [1.29, 1.82) is 0 Å². The van der Waals surface area contributed by atoms with E-state index in [1.807, 2.05) is 12.1 Å². The Morgan fingerprint density at radius 1 is 1.20 bits per heavy atom. The van der Waals surface area contributed by atoms with Gasteiger partial charge in [0.2, 0.25) is 5.95 Å². The number of methoxy groups -OCH3 is 1. The highest BCUT2D eigenvalue weighted by Gasteiger charge is 2.15. The maximum absolute atomic E-state index is 13.0. The van der Waals surface area contributed by atoms with Gasteiger partial charge in [-0.15, -0.1) is 0 Å². The molecular weight excluding hydrogens is 391 g/mol. The van der Waals surface area contributed by atoms with Gasteiger partial charge in [0.1, 0.15) is 18.8 Å². The van der Waals surface area contributed by atoms with Crippen molar-refractivity contribution in [2.24, 2.45) is 0 Å². The standard InChI is InChI=1S/C17H16BrFN4O2/c1-24-15-7-6-14(18)13(8-20-17-21-10-22-23-17)16(15)25-9-11-2-4-12(19)5-3-11/h2-7,10H,8-9H2,1H3,(H2,20,21,22,23). The smallest absolute Gasteiger partial charge is 0.218 e. The Bertz CT molecular complexity index is 825. The average molecular weight is 407 g/mol. The number of halogens is 2. The molecule has 1 aromatic heterocycles. The fourth-order valence-electron chi connectivity index (χ4n) is 2.26. The lowest BCUT2D eigenvalue weighted by molar-refractivity contribution is 0.281. The number of aromatic amines is 1. The van der Waals surface area contributed by atoms with E-state index in [0.29, 0.717) is 30.6 Å². The Morgan fingerprint density at radius 3 is 2.68 bits per heavy atom. The van der Waals surface area contributed by atoms with Gasteiger partial charge in [0.15, 0.2) is 11.5 Å². The first-order valence-corrected chi connectivity index (χ1v) is 8.28. The van der Waals surface area contributed by atoms with Gasteiger partial charge < -0.3 is 14.8 Å². The van der Waals surface area contributed by atoms with Gasteiger partial charge in [-0.25, -0.2) is 14.5 Å². The van der Waals surface area contributed by atoms with Crippen molar-refractivity contribution < 1.29 is 13.9 Å². The molecule has 0 fully saturated rings. The van der Waals surface area contributed by atoms with Crippen LogP contribution in [0.4, 0.5) is 10.3 Å². The summed E-state index contributed by atoms with van der Waals surface area (Å²) in [6.45, 7) is 0.744. The zero-order valence-corrected chi connectivity index (χ0v) is 15.0. The summed E-state index contributed by atoms with van der Waals surface area (Å²) < 4.78 is 25.3. The maximum atomic E-state index is 13.0. The van der Waals surface area contributed by atoms with Crippen molar-refractivity contribution in [3.05, 3.63) is 64.1 Å². The minimum absolute atomic E-state index is 0.277. The van der Waals surface area contributed by atoms with E-state index in [1.165, 1.54) is 18.5 Å². The van der Waals surface area contributed by atoms with Crippen LogP contribution in [0.3, 0.4) is 0 Å². The lowest BCUT2D eigenvalue weighted by atomic mass is 10.1. The van der Waals surface area contributed by atoms with Gasteiger partial charge in [-0.1, -0.05) is 28.1 Å². The average Bonchev–Trinajstić information content (AvgIpc) is 3.14. The predicted octanol–water partition coefficient (Wildman–Crippen LogP) is 3.91. The van der Waals surface area contributed by atoms with Crippen molar-refractivity contribution in [1.82, 2.24) is 15.2 Å². The van der Waals surface area contributed by atoms with Crippen LogP contribution in [0.25, 0.3) is 0 Å². The molecule has 2 aromatic carbocycles. The van der Waals surface area contributed by atoms with Gasteiger partial charge in [0.25, 0.3) is 0 Å². The molecule has 0 aliphatic carbocycles. The van der Waals surface area contributed by atoms with Crippen LogP contribution in [0, 0.1) is 5.82 Å². The Hall–Kier alpha value is -2.61. The highest BCUT2D eigenvalue weighted by atomic mass is 79.9. The highest BCUT2D eigenvalue weighted by Crippen LogP contribution is 2.37. The number of nitrogens with zero attached hydrogens (tertiary/aromatic N) is 2. The molecule has 2 N–H and O–H groups in total. The number of hydrogen-bond acceptors (Lipinski definition) is 5. The van der Waals surface area contributed by atoms with Crippen molar-refractivity contribution in [3.8, 4) is 11.5 Å². The number of benzene rings is 2. The van der Waals surface area contributed by atoms with Gasteiger partial charge in [0.05, 0.1) is 7.11 Å². The van der Waals surface area contributed by atoms with Gasteiger partial charge in [-0.05, 0) is 29.8 Å². The zero-order valence-electron chi connectivity index (χ0n) is 13.4. The molecule has 25 heavy (non-hydrogen) atoms. The molecule has 3 aromatic rings. The SMILES string of the molecule is COc1ccc(Br)c(CNc2ncn[nH]2)c1OCc1ccc(F)cc1. The summed E-state index contributed by atoms with van der Waals surface area (Å²) in [4.78, 5) is 4.03. The molecule has 0 unspecified atom stereocenters. The van der Waals surface area contributed by atoms with Crippen molar-refractivity contribution in [3.63, 3.8) is 0 Å². The van der Waals surface area contributed by atoms with E-state index in [4.69, 9.17) is 9.47 Å². The second-order valence-corrected chi connectivity index (χ2v) is 6.01. The van der Waals surface area contributed by atoms with E-state index < -0.39 is 0 Å². The molecule has 6 nitrogen and oxygen atoms in total. The molecule has 130 valence electrons. The van der Waals surface area contributed by atoms with Crippen molar-refractivity contribution >= 4 is 21.9 Å². The third-order valence-electron chi connectivity index (χ3n) is 3.53. The molecule has 1 heterocycles. The summed E-state index contributed by atoms with van der Waals surface area (Å²) in [5.41, 5.74) is 1.73. The first-order chi connectivity index (χ1) is 12.2. The van der Waals surface area contributed by atoms with E-state index >= 15 is 0 Å². The number of ether oxygens (including phenoxy) is 2. The number of anilines is 1. The number of hydrogen-bond donors (Lipinski definition) is 2. The lowest BCUT2D eigenvalue weighted by Gasteiger charge is -2.17. The summed E-state index contributed by atoms with van der Waals surface area (Å²) in [7, 11) is 1.58. The summed E-state index contributed by atoms with van der Waals surface area (Å²) in [6, 6.07) is 9.90. The molecule has 0 aliphatic rings. The van der Waals surface area contributed by atoms with Crippen LogP contribution < -0.4 is 14.8 Å². The molecule has 0 radical (unpaired) electrons.